The van der Waals surface area contributed by atoms with Gasteiger partial charge in [-0.2, -0.15) is 0 Å². The predicted octanol–water partition coefficient (Wildman–Crippen LogP) is 2.11. The summed E-state index contributed by atoms with van der Waals surface area (Å²) in [5.74, 6) is -0.130. The largest absolute Gasteiger partial charge is 0.465 e. The van der Waals surface area contributed by atoms with Crippen LogP contribution in [0.4, 0.5) is 0 Å². The molecule has 0 heterocycles. The predicted molar refractivity (Wildman–Crippen MR) is 58.3 cm³/mol. The number of nitrogens with one attached hydrogen (secondary N) is 1. The lowest BCUT2D eigenvalue weighted by molar-refractivity contribution is -0.142. The highest BCUT2D eigenvalue weighted by Crippen LogP contribution is 1.98. The van der Waals surface area contributed by atoms with Crippen LogP contribution in [0.25, 0.3) is 0 Å². The van der Waals surface area contributed by atoms with E-state index in [1.54, 1.807) is 0 Å². The normalized spacial score (nSPS) is 10.1. The molecular weight excluding hydrogens is 178 g/mol. The van der Waals surface area contributed by atoms with Crippen LogP contribution in [0.1, 0.15) is 46.0 Å². The molecule has 0 saturated heterocycles. The summed E-state index contributed by atoms with van der Waals surface area (Å²) in [5.41, 5.74) is 0. The van der Waals surface area contributed by atoms with Crippen LogP contribution < -0.4 is 5.32 Å². The molecule has 0 unspecified atom stereocenters. The van der Waals surface area contributed by atoms with Gasteiger partial charge in [0.15, 0.2) is 0 Å². The number of unbranched alkanes of at least 4 members (excludes halogenated alkanes) is 3. The summed E-state index contributed by atoms with van der Waals surface area (Å²) in [6, 6.07) is 0. The highest BCUT2D eigenvalue weighted by Gasteiger charge is 2.00. The standard InChI is InChI=1S/C11H23NO2/c1-3-5-6-7-9-14-11(13)10-12-8-4-2/h12H,3-10H2,1-2H3. The number of ether oxygens (including phenoxy) is 1. The summed E-state index contributed by atoms with van der Waals surface area (Å²) in [6.07, 6.45) is 5.64. The van der Waals surface area contributed by atoms with Crippen molar-refractivity contribution in [2.75, 3.05) is 19.7 Å². The Morgan fingerprint density at radius 3 is 2.57 bits per heavy atom. The Bertz CT molecular complexity index is 137. The first-order valence-corrected chi connectivity index (χ1v) is 5.67. The fraction of sp³-hybridized carbons (Fsp3) is 0.909. The van der Waals surface area contributed by atoms with Crippen molar-refractivity contribution in [3.05, 3.63) is 0 Å². The average molecular weight is 201 g/mol. The van der Waals surface area contributed by atoms with Crippen LogP contribution in [0, 0.1) is 0 Å². The molecule has 0 atom stereocenters. The zero-order valence-corrected chi connectivity index (χ0v) is 9.47. The van der Waals surface area contributed by atoms with Crippen LogP contribution in [-0.4, -0.2) is 25.7 Å². The Kier molecular flexibility index (Phi) is 10.1. The van der Waals surface area contributed by atoms with E-state index in [0.29, 0.717) is 13.2 Å². The third kappa shape index (κ3) is 9.52. The molecule has 0 aromatic carbocycles. The van der Waals surface area contributed by atoms with E-state index in [0.717, 1.165) is 25.8 Å². The van der Waals surface area contributed by atoms with Crippen LogP contribution in [-0.2, 0) is 9.53 Å². The second-order valence-corrected chi connectivity index (χ2v) is 3.46. The number of carbonyl (C=O) groups excluding carboxylic acids is 1. The summed E-state index contributed by atoms with van der Waals surface area (Å²) in [5, 5.41) is 3.01. The van der Waals surface area contributed by atoms with Crippen LogP contribution in [0.5, 0.6) is 0 Å². The highest BCUT2D eigenvalue weighted by atomic mass is 16.5. The fourth-order valence-electron chi connectivity index (χ4n) is 1.13. The molecule has 0 aliphatic rings. The van der Waals surface area contributed by atoms with Gasteiger partial charge in [0.1, 0.15) is 0 Å². The summed E-state index contributed by atoms with van der Waals surface area (Å²) in [7, 11) is 0. The Hall–Kier alpha value is -0.570. The Morgan fingerprint density at radius 2 is 1.93 bits per heavy atom. The maximum absolute atomic E-state index is 11.1. The number of carbonyl (C=O) groups is 1. The van der Waals surface area contributed by atoms with E-state index in [4.69, 9.17) is 4.74 Å². The maximum atomic E-state index is 11.1. The molecule has 0 fully saturated rings. The molecule has 0 radical (unpaired) electrons. The van der Waals surface area contributed by atoms with E-state index in [9.17, 15) is 4.79 Å². The molecule has 0 bridgehead atoms. The van der Waals surface area contributed by atoms with Crippen molar-refractivity contribution in [2.24, 2.45) is 0 Å². The zero-order valence-electron chi connectivity index (χ0n) is 9.47. The van der Waals surface area contributed by atoms with E-state index < -0.39 is 0 Å². The second-order valence-electron chi connectivity index (χ2n) is 3.46. The molecule has 14 heavy (non-hydrogen) atoms. The summed E-state index contributed by atoms with van der Waals surface area (Å²) in [6.45, 7) is 6.04. The van der Waals surface area contributed by atoms with Gasteiger partial charge in [-0.15, -0.1) is 0 Å². The van der Waals surface area contributed by atoms with Gasteiger partial charge in [-0.3, -0.25) is 4.79 Å². The first kappa shape index (κ1) is 13.4. The van der Waals surface area contributed by atoms with Gasteiger partial charge < -0.3 is 10.1 Å². The first-order valence-electron chi connectivity index (χ1n) is 5.67. The molecule has 1 N–H and O–H groups in total. The van der Waals surface area contributed by atoms with Gasteiger partial charge in [-0.05, 0) is 19.4 Å². The molecule has 0 saturated carbocycles. The van der Waals surface area contributed by atoms with E-state index in [1.165, 1.54) is 12.8 Å². The average Bonchev–Trinajstić information content (AvgIpc) is 2.18. The topological polar surface area (TPSA) is 38.3 Å². The molecule has 0 aromatic rings. The molecule has 0 rings (SSSR count). The molecule has 0 amide bonds. The van der Waals surface area contributed by atoms with Gasteiger partial charge in [0.05, 0.1) is 13.2 Å². The molecule has 3 heteroatoms. The molecule has 0 aliphatic carbocycles. The number of hydrogen-bond acceptors (Lipinski definition) is 3. The minimum absolute atomic E-state index is 0.130. The number of hydrogen-bond donors (Lipinski definition) is 1. The molecule has 0 aliphatic heterocycles. The Labute approximate surface area is 87.2 Å². The number of rotatable bonds is 9. The van der Waals surface area contributed by atoms with E-state index in [-0.39, 0.29) is 5.97 Å². The molecule has 0 aromatic heterocycles. The maximum Gasteiger partial charge on any atom is 0.319 e. The quantitative estimate of drug-likeness (QED) is 0.458. The van der Waals surface area contributed by atoms with Gasteiger partial charge in [-0.1, -0.05) is 33.1 Å². The monoisotopic (exact) mass is 201 g/mol. The zero-order chi connectivity index (χ0) is 10.6. The highest BCUT2D eigenvalue weighted by molar-refractivity contribution is 5.71. The van der Waals surface area contributed by atoms with Crippen molar-refractivity contribution >= 4 is 5.97 Å². The van der Waals surface area contributed by atoms with Crippen molar-refractivity contribution in [1.29, 1.82) is 0 Å². The van der Waals surface area contributed by atoms with Crippen molar-refractivity contribution in [1.82, 2.24) is 5.32 Å². The van der Waals surface area contributed by atoms with Crippen LogP contribution >= 0.6 is 0 Å². The Balaban J connectivity index is 3.10. The third-order valence-corrected chi connectivity index (χ3v) is 1.96. The van der Waals surface area contributed by atoms with Crippen molar-refractivity contribution in [3.8, 4) is 0 Å². The van der Waals surface area contributed by atoms with Crippen molar-refractivity contribution in [3.63, 3.8) is 0 Å². The molecule has 0 spiro atoms. The Morgan fingerprint density at radius 1 is 1.14 bits per heavy atom. The lowest BCUT2D eigenvalue weighted by Crippen LogP contribution is -2.25. The summed E-state index contributed by atoms with van der Waals surface area (Å²) < 4.78 is 5.03. The van der Waals surface area contributed by atoms with Gasteiger partial charge in [0, 0.05) is 0 Å². The van der Waals surface area contributed by atoms with Crippen molar-refractivity contribution < 1.29 is 9.53 Å². The summed E-state index contributed by atoms with van der Waals surface area (Å²) in [4.78, 5) is 11.1. The SMILES string of the molecule is CCCCCCOC(=O)CNCCC. The fourth-order valence-corrected chi connectivity index (χ4v) is 1.13. The van der Waals surface area contributed by atoms with Crippen molar-refractivity contribution in [2.45, 2.75) is 46.0 Å². The first-order chi connectivity index (χ1) is 6.81. The van der Waals surface area contributed by atoms with Gasteiger partial charge >= 0.3 is 5.97 Å². The lowest BCUT2D eigenvalue weighted by atomic mass is 10.2. The lowest BCUT2D eigenvalue weighted by Gasteiger charge is -2.04. The van der Waals surface area contributed by atoms with E-state index >= 15 is 0 Å². The van der Waals surface area contributed by atoms with E-state index in [1.807, 2.05) is 0 Å². The molecule has 84 valence electrons. The minimum Gasteiger partial charge on any atom is -0.465 e. The van der Waals surface area contributed by atoms with Crippen LogP contribution in [0.15, 0.2) is 0 Å². The van der Waals surface area contributed by atoms with E-state index in [2.05, 4.69) is 19.2 Å². The van der Waals surface area contributed by atoms with Gasteiger partial charge in [0.2, 0.25) is 0 Å². The number of esters is 1. The van der Waals surface area contributed by atoms with Gasteiger partial charge in [0.25, 0.3) is 0 Å². The minimum atomic E-state index is -0.130. The molecular formula is C11H23NO2. The van der Waals surface area contributed by atoms with Crippen LogP contribution in [0.3, 0.4) is 0 Å². The third-order valence-electron chi connectivity index (χ3n) is 1.96. The van der Waals surface area contributed by atoms with Crippen LogP contribution in [0.2, 0.25) is 0 Å². The smallest absolute Gasteiger partial charge is 0.319 e. The second kappa shape index (κ2) is 10.5. The summed E-state index contributed by atoms with van der Waals surface area (Å²) >= 11 is 0. The molecule has 3 nitrogen and oxygen atoms in total. The van der Waals surface area contributed by atoms with Gasteiger partial charge in [-0.25, -0.2) is 0 Å².